The van der Waals surface area contributed by atoms with E-state index in [2.05, 4.69) is 23.5 Å². The van der Waals surface area contributed by atoms with Crippen molar-refractivity contribution in [3.8, 4) is 0 Å². The molecule has 1 aliphatic carbocycles. The van der Waals surface area contributed by atoms with E-state index < -0.39 is 0 Å². The number of hydrogen-bond acceptors (Lipinski definition) is 1. The van der Waals surface area contributed by atoms with Crippen molar-refractivity contribution in [3.05, 3.63) is 69.7 Å². The number of halogens is 1. The monoisotopic (exact) mass is 299 g/mol. The van der Waals surface area contributed by atoms with Crippen molar-refractivity contribution in [1.82, 2.24) is 5.32 Å². The fourth-order valence-corrected chi connectivity index (χ4v) is 3.09. The topological polar surface area (TPSA) is 29.1 Å². The Kier molecular flexibility index (Phi) is 3.98. The highest BCUT2D eigenvalue weighted by atomic mass is 35.5. The van der Waals surface area contributed by atoms with Crippen molar-refractivity contribution < 1.29 is 4.79 Å². The van der Waals surface area contributed by atoms with Crippen molar-refractivity contribution in [2.24, 2.45) is 0 Å². The lowest BCUT2D eigenvalue weighted by molar-refractivity contribution is 0.0940. The van der Waals surface area contributed by atoms with Gasteiger partial charge in [0.05, 0.1) is 16.6 Å². The van der Waals surface area contributed by atoms with Crippen molar-refractivity contribution in [2.45, 2.75) is 32.2 Å². The van der Waals surface area contributed by atoms with E-state index in [4.69, 9.17) is 11.6 Å². The lowest BCUT2D eigenvalue weighted by Crippen LogP contribution is -2.26. The normalized spacial score (nSPS) is 14.6. The standard InChI is InChI=1S/C18H18ClNO/c1-12(14-10-9-13-5-4-6-15(13)11-14)20-18(21)16-7-2-3-8-17(16)19/h2-3,7-12H,4-6H2,1H3,(H,20,21). The summed E-state index contributed by atoms with van der Waals surface area (Å²) in [6, 6.07) is 13.6. The second-order valence-electron chi connectivity index (χ2n) is 5.56. The summed E-state index contributed by atoms with van der Waals surface area (Å²) < 4.78 is 0. The second-order valence-corrected chi connectivity index (χ2v) is 5.96. The van der Waals surface area contributed by atoms with E-state index in [-0.39, 0.29) is 11.9 Å². The fourth-order valence-electron chi connectivity index (χ4n) is 2.86. The molecule has 0 heterocycles. The highest BCUT2D eigenvalue weighted by Crippen LogP contribution is 2.25. The van der Waals surface area contributed by atoms with Gasteiger partial charge in [0, 0.05) is 0 Å². The molecule has 0 aliphatic heterocycles. The fraction of sp³-hybridized carbons (Fsp3) is 0.278. The Balaban J connectivity index is 1.76. The molecule has 1 aliphatic rings. The average Bonchev–Trinajstić information content (AvgIpc) is 2.94. The summed E-state index contributed by atoms with van der Waals surface area (Å²) in [6.07, 6.45) is 3.56. The summed E-state index contributed by atoms with van der Waals surface area (Å²) in [6.45, 7) is 2.01. The molecule has 21 heavy (non-hydrogen) atoms. The van der Waals surface area contributed by atoms with Gasteiger partial charge in [-0.1, -0.05) is 41.9 Å². The summed E-state index contributed by atoms with van der Waals surface area (Å²) >= 11 is 6.06. The minimum atomic E-state index is -0.131. The molecule has 0 spiro atoms. The molecule has 0 radical (unpaired) electrons. The van der Waals surface area contributed by atoms with Crippen LogP contribution in [0, 0.1) is 0 Å². The number of benzene rings is 2. The molecule has 3 rings (SSSR count). The lowest BCUT2D eigenvalue weighted by atomic mass is 10.0. The molecule has 1 atom stereocenters. The van der Waals surface area contributed by atoms with Gasteiger partial charge in [0.25, 0.3) is 5.91 Å². The van der Waals surface area contributed by atoms with Gasteiger partial charge in [0.1, 0.15) is 0 Å². The van der Waals surface area contributed by atoms with Crippen LogP contribution in [-0.4, -0.2) is 5.91 Å². The predicted molar refractivity (Wildman–Crippen MR) is 85.8 cm³/mol. The zero-order chi connectivity index (χ0) is 14.8. The zero-order valence-electron chi connectivity index (χ0n) is 12.0. The van der Waals surface area contributed by atoms with Crippen LogP contribution in [-0.2, 0) is 12.8 Å². The lowest BCUT2D eigenvalue weighted by Gasteiger charge is -2.16. The highest BCUT2D eigenvalue weighted by molar-refractivity contribution is 6.33. The van der Waals surface area contributed by atoms with Gasteiger partial charge in [-0.2, -0.15) is 0 Å². The summed E-state index contributed by atoms with van der Waals surface area (Å²) in [5.41, 5.74) is 4.54. The highest BCUT2D eigenvalue weighted by Gasteiger charge is 2.16. The SMILES string of the molecule is CC(NC(=O)c1ccccc1Cl)c1ccc2c(c1)CCC2. The maximum atomic E-state index is 12.3. The van der Waals surface area contributed by atoms with E-state index in [1.807, 2.05) is 19.1 Å². The van der Waals surface area contributed by atoms with E-state index in [1.54, 1.807) is 12.1 Å². The van der Waals surface area contributed by atoms with E-state index in [0.717, 1.165) is 12.0 Å². The van der Waals surface area contributed by atoms with E-state index in [9.17, 15) is 4.79 Å². The molecule has 0 aromatic heterocycles. The molecule has 1 N–H and O–H groups in total. The number of carbonyl (C=O) groups excluding carboxylic acids is 1. The van der Waals surface area contributed by atoms with Gasteiger partial charge in [0.15, 0.2) is 0 Å². The molecule has 1 unspecified atom stereocenters. The second kappa shape index (κ2) is 5.90. The smallest absolute Gasteiger partial charge is 0.253 e. The van der Waals surface area contributed by atoms with E-state index >= 15 is 0 Å². The summed E-state index contributed by atoms with van der Waals surface area (Å²) in [7, 11) is 0. The molecule has 3 heteroatoms. The Hall–Kier alpha value is -1.80. The Labute approximate surface area is 130 Å². The molecule has 0 bridgehead atoms. The van der Waals surface area contributed by atoms with Crippen LogP contribution in [0.15, 0.2) is 42.5 Å². The number of hydrogen-bond donors (Lipinski definition) is 1. The average molecular weight is 300 g/mol. The van der Waals surface area contributed by atoms with Crippen molar-refractivity contribution in [2.75, 3.05) is 0 Å². The number of fused-ring (bicyclic) bond motifs is 1. The van der Waals surface area contributed by atoms with E-state index in [1.165, 1.54) is 24.0 Å². The largest absolute Gasteiger partial charge is 0.345 e. The molecular weight excluding hydrogens is 282 g/mol. The van der Waals surface area contributed by atoms with Crippen LogP contribution in [0.25, 0.3) is 0 Å². The molecule has 1 amide bonds. The quantitative estimate of drug-likeness (QED) is 0.898. The number of amides is 1. The third-order valence-corrected chi connectivity index (χ3v) is 4.42. The Bertz CT molecular complexity index is 681. The first-order chi connectivity index (χ1) is 10.1. The molecule has 0 saturated carbocycles. The summed E-state index contributed by atoms with van der Waals surface area (Å²) in [5, 5.41) is 3.50. The van der Waals surface area contributed by atoms with Crippen LogP contribution in [0.5, 0.6) is 0 Å². The maximum Gasteiger partial charge on any atom is 0.253 e. The Morgan fingerprint density at radius 2 is 1.90 bits per heavy atom. The van der Waals surface area contributed by atoms with Gasteiger partial charge in [0.2, 0.25) is 0 Å². The van der Waals surface area contributed by atoms with Gasteiger partial charge >= 0.3 is 0 Å². The summed E-state index contributed by atoms with van der Waals surface area (Å²) in [4.78, 5) is 12.3. The van der Waals surface area contributed by atoms with Gasteiger partial charge in [-0.3, -0.25) is 4.79 Å². The van der Waals surface area contributed by atoms with Crippen LogP contribution >= 0.6 is 11.6 Å². The predicted octanol–water partition coefficient (Wildman–Crippen LogP) is 4.32. The number of aryl methyl sites for hydroxylation is 2. The number of nitrogens with one attached hydrogen (secondary N) is 1. The zero-order valence-corrected chi connectivity index (χ0v) is 12.8. The van der Waals surface area contributed by atoms with Gasteiger partial charge < -0.3 is 5.32 Å². The first-order valence-corrected chi connectivity index (χ1v) is 7.70. The first-order valence-electron chi connectivity index (χ1n) is 7.32. The maximum absolute atomic E-state index is 12.3. The molecule has 108 valence electrons. The molecule has 2 aromatic carbocycles. The molecular formula is C18H18ClNO. The summed E-state index contributed by atoms with van der Waals surface area (Å²) in [5.74, 6) is -0.131. The van der Waals surface area contributed by atoms with Crippen LogP contribution in [0.3, 0.4) is 0 Å². The van der Waals surface area contributed by atoms with Gasteiger partial charge in [-0.05, 0) is 55.0 Å². The number of carbonyl (C=O) groups is 1. The van der Waals surface area contributed by atoms with Gasteiger partial charge in [-0.15, -0.1) is 0 Å². The Morgan fingerprint density at radius 1 is 1.14 bits per heavy atom. The molecule has 0 fully saturated rings. The third kappa shape index (κ3) is 2.96. The van der Waals surface area contributed by atoms with Crippen LogP contribution in [0.2, 0.25) is 5.02 Å². The minimum Gasteiger partial charge on any atom is -0.345 e. The van der Waals surface area contributed by atoms with Crippen molar-refractivity contribution >= 4 is 17.5 Å². The van der Waals surface area contributed by atoms with Gasteiger partial charge in [-0.25, -0.2) is 0 Å². The van der Waals surface area contributed by atoms with Crippen molar-refractivity contribution in [3.63, 3.8) is 0 Å². The van der Waals surface area contributed by atoms with Crippen LogP contribution in [0.4, 0.5) is 0 Å². The molecule has 0 saturated heterocycles. The minimum absolute atomic E-state index is 0.0281. The molecule has 2 aromatic rings. The van der Waals surface area contributed by atoms with Crippen LogP contribution in [0.1, 0.15) is 46.4 Å². The molecule has 2 nitrogen and oxygen atoms in total. The van der Waals surface area contributed by atoms with E-state index in [0.29, 0.717) is 10.6 Å². The third-order valence-electron chi connectivity index (χ3n) is 4.09. The Morgan fingerprint density at radius 3 is 2.71 bits per heavy atom. The van der Waals surface area contributed by atoms with Crippen LogP contribution < -0.4 is 5.32 Å². The van der Waals surface area contributed by atoms with Crippen molar-refractivity contribution in [1.29, 1.82) is 0 Å². The first kappa shape index (κ1) is 14.2. The number of rotatable bonds is 3.